The molecule has 83 heavy (non-hydrogen) atoms. The van der Waals surface area contributed by atoms with E-state index in [0.717, 1.165) is 0 Å². The molecular weight excluding hydrogens is 1070 g/mol. The molecule has 0 bridgehead atoms. The highest BCUT2D eigenvalue weighted by atomic mass is 16.3. The molecule has 0 spiro atoms. The molecule has 8 atom stereocenters. The van der Waals surface area contributed by atoms with Crippen molar-refractivity contribution in [3.8, 4) is 5.75 Å². The van der Waals surface area contributed by atoms with Gasteiger partial charge in [0.05, 0.1) is 6.42 Å². The van der Waals surface area contributed by atoms with Crippen molar-refractivity contribution in [2.75, 3.05) is 19.6 Å². The van der Waals surface area contributed by atoms with Crippen LogP contribution in [0.15, 0.2) is 94.9 Å². The zero-order valence-corrected chi connectivity index (χ0v) is 47.0. The van der Waals surface area contributed by atoms with E-state index in [2.05, 4.69) is 47.2 Å². The lowest BCUT2D eigenvalue weighted by molar-refractivity contribution is -0.142. The number of rotatable bonds is 33. The summed E-state index contributed by atoms with van der Waals surface area (Å²) in [5, 5.41) is 28.7. The third-order valence-corrected chi connectivity index (χ3v) is 13.3. The summed E-state index contributed by atoms with van der Waals surface area (Å²) in [4.78, 5) is 146. The van der Waals surface area contributed by atoms with Crippen LogP contribution in [-0.4, -0.2) is 149 Å². The smallest absolute Gasteiger partial charge is 0.245 e. The topological polar surface area (TPSA) is 459 Å². The van der Waals surface area contributed by atoms with E-state index in [9.17, 15) is 53.1 Å². The van der Waals surface area contributed by atoms with Gasteiger partial charge in [0.15, 0.2) is 11.9 Å². The molecule has 4 rings (SSSR count). The fourth-order valence-electron chi connectivity index (χ4n) is 9.23. The summed E-state index contributed by atoms with van der Waals surface area (Å²) in [7, 11) is 0. The number of carbonyl (C=O) groups is 10. The predicted molar refractivity (Wildman–Crippen MR) is 308 cm³/mol. The maximum absolute atomic E-state index is 14.8. The molecule has 0 aromatic heterocycles. The zero-order valence-electron chi connectivity index (χ0n) is 47.0. The molecule has 1 saturated heterocycles. The number of nitrogens with zero attached hydrogens (tertiary/aromatic N) is 3. The number of carbonyl (C=O) groups excluding carboxylic acids is 10. The standard InChI is InChI=1S/C56H80N16O11/c1-32(2)27-41(69-52(81)44(29-35-15-8-5-9-16-35)71-50(79)42(65-33(3)73)30-36-20-22-37(74)23-21-36)49(78)70-43(28-34-13-6-4-7-14-34)51(80)67-39(18-11-25-64-56(61)62)54(83)72-26-12-19-45(72)53(82)66-38(17-10-24-63-55(59)60)48(77)68-40(47(58)76)31-46(57)75/h4-9,13-16,20-23,32,38-45,74H,10-12,17-19,24-31H2,1-3H3,(H2,57,75)(H2,58,76)(H,65,73)(H,66,82)(H,67,80)(H,68,77)(H,69,81)(H,70,78)(H,71,79)(H4,59,60,63)(H4,61,62,64)/t38-,39-,40-,41+,42-,43-,44-,45+/m0/s1. The highest BCUT2D eigenvalue weighted by molar-refractivity contribution is 5.99. The molecule has 3 aromatic rings. The lowest BCUT2D eigenvalue weighted by Crippen LogP contribution is -2.60. The van der Waals surface area contributed by atoms with Crippen LogP contribution >= 0.6 is 0 Å². The first-order valence-electron chi connectivity index (χ1n) is 27.3. The Morgan fingerprint density at radius 3 is 1.42 bits per heavy atom. The van der Waals surface area contributed by atoms with E-state index in [1.807, 2.05) is 13.8 Å². The second-order valence-electron chi connectivity index (χ2n) is 20.7. The summed E-state index contributed by atoms with van der Waals surface area (Å²) in [5.41, 5.74) is 34.7. The molecule has 27 nitrogen and oxygen atoms in total. The van der Waals surface area contributed by atoms with Crippen molar-refractivity contribution in [2.45, 2.75) is 140 Å². The summed E-state index contributed by atoms with van der Waals surface area (Å²) < 4.78 is 0. The Balaban J connectivity index is 1.64. The second kappa shape index (κ2) is 33.5. The summed E-state index contributed by atoms with van der Waals surface area (Å²) >= 11 is 0. The predicted octanol–water partition coefficient (Wildman–Crippen LogP) is -2.66. The molecule has 10 amide bonds. The van der Waals surface area contributed by atoms with E-state index in [-0.39, 0.29) is 101 Å². The molecular formula is C56H80N16O11. The van der Waals surface area contributed by atoms with Gasteiger partial charge in [-0.15, -0.1) is 0 Å². The van der Waals surface area contributed by atoms with Gasteiger partial charge in [-0.3, -0.25) is 57.9 Å². The molecule has 0 saturated carbocycles. The van der Waals surface area contributed by atoms with Crippen LogP contribution in [0.3, 0.4) is 0 Å². The number of nitrogens with two attached hydrogens (primary N) is 6. The number of phenolic OH excluding ortho intramolecular Hbond substituents is 1. The fourth-order valence-corrected chi connectivity index (χ4v) is 9.23. The van der Waals surface area contributed by atoms with Gasteiger partial charge in [0.25, 0.3) is 0 Å². The van der Waals surface area contributed by atoms with Gasteiger partial charge in [-0.05, 0) is 79.7 Å². The van der Waals surface area contributed by atoms with Crippen LogP contribution in [-0.2, 0) is 67.2 Å². The maximum Gasteiger partial charge on any atom is 0.245 e. The second-order valence-corrected chi connectivity index (χ2v) is 20.7. The maximum atomic E-state index is 14.8. The van der Waals surface area contributed by atoms with E-state index < -0.39 is 114 Å². The number of hydrogen-bond donors (Lipinski definition) is 14. The normalized spacial score (nSPS) is 15.3. The quantitative estimate of drug-likeness (QED) is 0.0168. The first kappa shape index (κ1) is 66.2. The van der Waals surface area contributed by atoms with Crippen LogP contribution in [0.5, 0.6) is 5.75 Å². The van der Waals surface area contributed by atoms with E-state index in [1.54, 1.807) is 72.8 Å². The van der Waals surface area contributed by atoms with E-state index >= 15 is 0 Å². The van der Waals surface area contributed by atoms with Crippen molar-refractivity contribution in [3.63, 3.8) is 0 Å². The van der Waals surface area contributed by atoms with Crippen molar-refractivity contribution < 1.29 is 53.1 Å². The van der Waals surface area contributed by atoms with Crippen LogP contribution in [0.2, 0.25) is 0 Å². The van der Waals surface area contributed by atoms with Gasteiger partial charge >= 0.3 is 0 Å². The van der Waals surface area contributed by atoms with Gasteiger partial charge < -0.3 is 81.6 Å². The minimum absolute atomic E-state index is 0.00215. The number of guanidine groups is 2. The third kappa shape index (κ3) is 23.4. The van der Waals surface area contributed by atoms with E-state index in [1.165, 1.54) is 24.0 Å². The van der Waals surface area contributed by atoms with Crippen LogP contribution in [0.25, 0.3) is 0 Å². The van der Waals surface area contributed by atoms with Crippen LogP contribution in [0.4, 0.5) is 0 Å². The monoisotopic (exact) mass is 1150 g/mol. The number of benzene rings is 3. The number of phenols is 1. The zero-order chi connectivity index (χ0) is 61.2. The molecule has 1 fully saturated rings. The molecule has 0 aliphatic carbocycles. The minimum atomic E-state index is -1.50. The van der Waals surface area contributed by atoms with Crippen LogP contribution < -0.4 is 71.6 Å². The summed E-state index contributed by atoms with van der Waals surface area (Å²) in [6.45, 7) is 5.05. The molecule has 0 unspecified atom stereocenters. The molecule has 1 aliphatic heterocycles. The van der Waals surface area contributed by atoms with E-state index in [4.69, 9.17) is 34.4 Å². The Hall–Kier alpha value is -9.30. The van der Waals surface area contributed by atoms with Crippen molar-refractivity contribution in [2.24, 2.45) is 50.3 Å². The van der Waals surface area contributed by atoms with Gasteiger partial charge in [0.2, 0.25) is 59.1 Å². The Morgan fingerprint density at radius 2 is 0.964 bits per heavy atom. The summed E-state index contributed by atoms with van der Waals surface area (Å²) in [5.74, 6) is -8.47. The Labute approximate surface area is 481 Å². The highest BCUT2D eigenvalue weighted by Gasteiger charge is 2.40. The molecule has 0 radical (unpaired) electrons. The molecule has 3 aromatic carbocycles. The van der Waals surface area contributed by atoms with E-state index in [0.29, 0.717) is 23.1 Å². The number of aromatic hydroxyl groups is 1. The molecule has 1 aliphatic rings. The molecule has 450 valence electrons. The van der Waals surface area contributed by atoms with Crippen molar-refractivity contribution in [1.82, 2.24) is 42.1 Å². The first-order valence-corrected chi connectivity index (χ1v) is 27.3. The third-order valence-electron chi connectivity index (χ3n) is 13.3. The number of nitrogens with one attached hydrogen (secondary N) is 7. The highest BCUT2D eigenvalue weighted by Crippen LogP contribution is 2.21. The van der Waals surface area contributed by atoms with Crippen molar-refractivity contribution in [3.05, 3.63) is 102 Å². The Kier molecular flexibility index (Phi) is 26.7. The largest absolute Gasteiger partial charge is 0.508 e. The number of aliphatic imine (C=N–C) groups is 2. The Morgan fingerprint density at radius 1 is 0.542 bits per heavy atom. The number of primary amides is 2. The lowest BCUT2D eigenvalue weighted by atomic mass is 9.99. The first-order chi connectivity index (χ1) is 39.4. The van der Waals surface area contributed by atoms with Crippen LogP contribution in [0, 0.1) is 5.92 Å². The average Bonchev–Trinajstić information content (AvgIpc) is 3.97. The number of hydrogen-bond acceptors (Lipinski definition) is 13. The van der Waals surface area contributed by atoms with Gasteiger partial charge in [0.1, 0.15) is 54.1 Å². The molecule has 20 N–H and O–H groups in total. The van der Waals surface area contributed by atoms with Crippen molar-refractivity contribution >= 4 is 71.0 Å². The SMILES string of the molecule is CC(=O)N[C@@H](Cc1ccc(O)cc1)C(=O)N[C@@H](Cc1ccccc1)C(=O)N[C@H](CC(C)C)C(=O)N[C@@H](Cc1ccccc1)C(=O)N[C@@H](CCCN=C(N)N)C(=O)N1CCC[C@@H]1C(=O)N[C@@H](CCCN=C(N)N)C(=O)N[C@@H](CC(N)=O)C(N)=O. The summed E-state index contributed by atoms with van der Waals surface area (Å²) in [6.07, 6.45) is 0.0249. The van der Waals surface area contributed by atoms with Gasteiger partial charge in [-0.1, -0.05) is 86.6 Å². The minimum Gasteiger partial charge on any atom is -0.508 e. The Bertz CT molecular complexity index is 2760. The average molecular weight is 1150 g/mol. The fraction of sp³-hybridized carbons (Fsp3) is 0.464. The van der Waals surface area contributed by atoms with Gasteiger partial charge in [0, 0.05) is 45.8 Å². The number of amides is 10. The summed E-state index contributed by atoms with van der Waals surface area (Å²) in [6, 6.07) is 13.1. The molecule has 1 heterocycles. The number of likely N-dealkylation sites (tertiary alicyclic amines) is 1. The lowest BCUT2D eigenvalue weighted by Gasteiger charge is -2.31. The van der Waals surface area contributed by atoms with Crippen LogP contribution in [0.1, 0.15) is 88.8 Å². The van der Waals surface area contributed by atoms with Crippen molar-refractivity contribution in [1.29, 1.82) is 0 Å². The van der Waals surface area contributed by atoms with Gasteiger partial charge in [-0.25, -0.2) is 0 Å². The molecule has 27 heteroatoms. The van der Waals surface area contributed by atoms with Gasteiger partial charge in [-0.2, -0.15) is 0 Å².